The van der Waals surface area contributed by atoms with Gasteiger partial charge in [-0.1, -0.05) is 98.9 Å². The Morgan fingerprint density at radius 2 is 1.17 bits per heavy atom. The number of fused-ring (bicyclic) bond motifs is 5. The van der Waals surface area contributed by atoms with Crippen LogP contribution in [0.1, 0.15) is 103 Å². The molecule has 0 N–H and O–H groups in total. The van der Waals surface area contributed by atoms with Gasteiger partial charge in [0.05, 0.1) is 10.9 Å². The zero-order chi connectivity index (χ0) is 28.7. The van der Waals surface area contributed by atoms with Crippen molar-refractivity contribution < 1.29 is 4.79 Å². The van der Waals surface area contributed by atoms with Gasteiger partial charge in [-0.15, -0.1) is 0 Å². The summed E-state index contributed by atoms with van der Waals surface area (Å²) in [7, 11) is -0.180. The van der Waals surface area contributed by atoms with Crippen LogP contribution in [-0.4, -0.2) is 5.78 Å². The molecule has 3 aliphatic carbocycles. The Labute approximate surface area is 255 Å². The maximum absolute atomic E-state index is 13.6. The molecule has 4 aromatic carbocycles. The molecule has 0 radical (unpaired) electrons. The minimum absolute atomic E-state index is 0.0234. The van der Waals surface area contributed by atoms with Gasteiger partial charge in [-0.3, -0.25) is 4.79 Å². The Balaban J connectivity index is 1.31. The van der Waals surface area contributed by atoms with Gasteiger partial charge in [0.2, 0.25) is 0 Å². The molecule has 1 nitrogen and oxygen atoms in total. The standard InChI is InChI=1S/C40H43OS/c1-28-11-16-32(17-12-28)42(33-18-13-29(2)14-19-33)34-20-22-36-35-21-15-31(39(41)25-30-9-5-3-6-10-30)26-37(35)40(38(36)27-34)23-7-4-8-24-40/h11-22,26-27,30H,3-10,23-25H2,1-2H3/q+1. The zero-order valence-corrected chi connectivity index (χ0v) is 26.1. The molecule has 4 aromatic rings. The fraction of sp³-hybridized carbons (Fsp3) is 0.375. The Bertz CT molecular complexity index is 1540. The maximum Gasteiger partial charge on any atom is 0.166 e. The van der Waals surface area contributed by atoms with E-state index in [0.717, 1.165) is 12.0 Å². The van der Waals surface area contributed by atoms with Crippen LogP contribution in [0.2, 0.25) is 0 Å². The lowest BCUT2D eigenvalue weighted by Gasteiger charge is -2.36. The quantitative estimate of drug-likeness (QED) is 0.166. The first kappa shape index (κ1) is 27.7. The van der Waals surface area contributed by atoms with Gasteiger partial charge < -0.3 is 0 Å². The van der Waals surface area contributed by atoms with E-state index >= 15 is 0 Å². The van der Waals surface area contributed by atoms with E-state index in [1.807, 2.05) is 0 Å². The van der Waals surface area contributed by atoms with Crippen molar-refractivity contribution in [3.8, 4) is 11.1 Å². The largest absolute Gasteiger partial charge is 0.294 e. The van der Waals surface area contributed by atoms with Gasteiger partial charge in [-0.05, 0) is 103 Å². The van der Waals surface area contributed by atoms with Crippen molar-refractivity contribution in [1.82, 2.24) is 0 Å². The average molecular weight is 572 g/mol. The van der Waals surface area contributed by atoms with Crippen LogP contribution in [0.3, 0.4) is 0 Å². The topological polar surface area (TPSA) is 17.1 Å². The number of ketones is 1. The van der Waals surface area contributed by atoms with Crippen molar-refractivity contribution in [3.63, 3.8) is 0 Å². The number of carbonyl (C=O) groups excluding carboxylic acids is 1. The summed E-state index contributed by atoms with van der Waals surface area (Å²) in [4.78, 5) is 17.7. The van der Waals surface area contributed by atoms with E-state index in [2.05, 4.69) is 98.8 Å². The summed E-state index contributed by atoms with van der Waals surface area (Å²) in [6.45, 7) is 4.34. The molecule has 2 saturated carbocycles. The smallest absolute Gasteiger partial charge is 0.166 e. The van der Waals surface area contributed by atoms with Gasteiger partial charge >= 0.3 is 0 Å². The molecule has 0 aromatic heterocycles. The third-order valence-electron chi connectivity index (χ3n) is 10.3. The third kappa shape index (κ3) is 5.06. The van der Waals surface area contributed by atoms with Crippen LogP contribution in [0.5, 0.6) is 0 Å². The summed E-state index contributed by atoms with van der Waals surface area (Å²) in [5.74, 6) is 0.928. The number of hydrogen-bond donors (Lipinski definition) is 0. The lowest BCUT2D eigenvalue weighted by atomic mass is 9.67. The van der Waals surface area contributed by atoms with Crippen LogP contribution >= 0.6 is 0 Å². The summed E-state index contributed by atoms with van der Waals surface area (Å²) in [6, 6.07) is 32.4. The summed E-state index contributed by atoms with van der Waals surface area (Å²) in [6.07, 6.45) is 13.3. The summed E-state index contributed by atoms with van der Waals surface area (Å²) >= 11 is 0. The fourth-order valence-corrected chi connectivity index (χ4v) is 10.1. The molecule has 2 fully saturated rings. The van der Waals surface area contributed by atoms with E-state index in [1.54, 1.807) is 0 Å². The van der Waals surface area contributed by atoms with Gasteiger partial charge in [0.15, 0.2) is 20.5 Å². The number of hydrogen-bond acceptors (Lipinski definition) is 1. The van der Waals surface area contributed by atoms with Gasteiger partial charge in [0, 0.05) is 17.4 Å². The second-order valence-electron chi connectivity index (χ2n) is 13.2. The lowest BCUT2D eigenvalue weighted by Crippen LogP contribution is -2.28. The first-order valence-electron chi connectivity index (χ1n) is 16.2. The van der Waals surface area contributed by atoms with Crippen LogP contribution in [0.15, 0.2) is 99.6 Å². The van der Waals surface area contributed by atoms with E-state index in [4.69, 9.17) is 0 Å². The summed E-state index contributed by atoms with van der Waals surface area (Å²) in [5, 5.41) is 0. The van der Waals surface area contributed by atoms with Crippen molar-refractivity contribution in [3.05, 3.63) is 113 Å². The molecule has 0 bridgehead atoms. The van der Waals surface area contributed by atoms with Crippen LogP contribution < -0.4 is 0 Å². The zero-order valence-electron chi connectivity index (χ0n) is 25.3. The number of carbonyl (C=O) groups is 1. The molecule has 0 amide bonds. The molecule has 0 unspecified atom stereocenters. The first-order valence-corrected chi connectivity index (χ1v) is 17.4. The predicted octanol–water partition coefficient (Wildman–Crippen LogP) is 10.8. The minimum atomic E-state index is -0.180. The molecule has 214 valence electrons. The number of aryl methyl sites for hydroxylation is 2. The lowest BCUT2D eigenvalue weighted by molar-refractivity contribution is 0.0950. The molecule has 42 heavy (non-hydrogen) atoms. The van der Waals surface area contributed by atoms with Crippen molar-refractivity contribution in [2.24, 2.45) is 5.92 Å². The molecule has 0 atom stereocenters. The van der Waals surface area contributed by atoms with Gasteiger partial charge in [-0.25, -0.2) is 0 Å². The highest BCUT2D eigenvalue weighted by molar-refractivity contribution is 7.97. The Hall–Kier alpha value is -3.10. The third-order valence-corrected chi connectivity index (χ3v) is 12.5. The van der Waals surface area contributed by atoms with Crippen molar-refractivity contribution in [2.45, 2.75) is 105 Å². The van der Waals surface area contributed by atoms with E-state index in [9.17, 15) is 4.79 Å². The summed E-state index contributed by atoms with van der Waals surface area (Å²) < 4.78 is 0. The predicted molar refractivity (Wildman–Crippen MR) is 176 cm³/mol. The monoisotopic (exact) mass is 571 g/mol. The average Bonchev–Trinajstić information content (AvgIpc) is 3.28. The minimum Gasteiger partial charge on any atom is -0.294 e. The molecule has 3 aliphatic rings. The number of Topliss-reactive ketones (excluding diaryl/α,β-unsaturated/α-hetero) is 1. The van der Waals surface area contributed by atoms with E-state index in [1.165, 1.54) is 112 Å². The molecule has 0 saturated heterocycles. The van der Waals surface area contributed by atoms with E-state index in [-0.39, 0.29) is 16.3 Å². The van der Waals surface area contributed by atoms with Gasteiger partial charge in [0.1, 0.15) is 0 Å². The van der Waals surface area contributed by atoms with E-state index in [0.29, 0.717) is 11.7 Å². The Kier molecular flexibility index (Phi) is 7.61. The van der Waals surface area contributed by atoms with Gasteiger partial charge in [0.25, 0.3) is 0 Å². The normalized spacial score (nSPS) is 17.8. The highest BCUT2D eigenvalue weighted by atomic mass is 32.2. The van der Waals surface area contributed by atoms with Crippen LogP contribution in [0.4, 0.5) is 0 Å². The Morgan fingerprint density at radius 3 is 1.79 bits per heavy atom. The SMILES string of the molecule is Cc1ccc([S+](c2ccc(C)cc2)c2ccc3c(c2)C2(CCCCC2)c2cc(C(=O)CC4CCCCC4)ccc2-3)cc1. The van der Waals surface area contributed by atoms with E-state index < -0.39 is 0 Å². The molecule has 0 aliphatic heterocycles. The van der Waals surface area contributed by atoms with Crippen molar-refractivity contribution >= 4 is 16.7 Å². The molecule has 0 heterocycles. The van der Waals surface area contributed by atoms with Crippen molar-refractivity contribution in [1.29, 1.82) is 0 Å². The maximum atomic E-state index is 13.6. The van der Waals surface area contributed by atoms with Gasteiger partial charge in [-0.2, -0.15) is 0 Å². The highest BCUT2D eigenvalue weighted by Gasteiger charge is 2.45. The van der Waals surface area contributed by atoms with Crippen molar-refractivity contribution in [2.75, 3.05) is 0 Å². The highest BCUT2D eigenvalue weighted by Crippen LogP contribution is 2.56. The molecule has 7 rings (SSSR count). The fourth-order valence-electron chi connectivity index (χ4n) is 8.00. The first-order chi connectivity index (χ1) is 20.5. The second-order valence-corrected chi connectivity index (χ2v) is 15.2. The molecular weight excluding hydrogens is 529 g/mol. The number of benzene rings is 4. The van der Waals surface area contributed by atoms with Crippen LogP contribution in [-0.2, 0) is 16.3 Å². The Morgan fingerprint density at radius 1 is 0.643 bits per heavy atom. The second kappa shape index (κ2) is 11.5. The van der Waals surface area contributed by atoms with Crippen LogP contribution in [0, 0.1) is 19.8 Å². The van der Waals surface area contributed by atoms with Crippen LogP contribution in [0.25, 0.3) is 11.1 Å². The molecule has 1 spiro atoms. The molecule has 2 heteroatoms. The number of rotatable bonds is 6. The summed E-state index contributed by atoms with van der Waals surface area (Å²) in [5.41, 5.74) is 9.23. The molecular formula is C40H43OS+.